The topological polar surface area (TPSA) is 86.4 Å². The maximum Gasteiger partial charge on any atom is 0.238 e. The third-order valence-corrected chi connectivity index (χ3v) is 8.16. The lowest BCUT2D eigenvalue weighted by molar-refractivity contribution is -0.134. The van der Waals surface area contributed by atoms with E-state index in [-0.39, 0.29) is 18.2 Å². The van der Waals surface area contributed by atoms with Gasteiger partial charge in [0.2, 0.25) is 15.9 Å². The summed E-state index contributed by atoms with van der Waals surface area (Å²) < 4.78 is 27.2. The molecule has 3 aromatic rings. The predicted molar refractivity (Wildman–Crippen MR) is 115 cm³/mol. The van der Waals surface area contributed by atoms with E-state index in [0.717, 1.165) is 27.0 Å². The summed E-state index contributed by atoms with van der Waals surface area (Å²) in [5.74, 6) is -0.210. The summed E-state index contributed by atoms with van der Waals surface area (Å²) in [7, 11) is -3.49. The van der Waals surface area contributed by atoms with Gasteiger partial charge < -0.3 is 9.88 Å². The second kappa shape index (κ2) is 8.06. The number of carbonyl (C=O) groups excluding carboxylic acids is 1. The molecule has 0 aromatic carbocycles. The molecule has 10 heteroatoms. The molecule has 0 atom stereocenters. The molecule has 1 aliphatic rings. The van der Waals surface area contributed by atoms with E-state index in [2.05, 4.69) is 9.97 Å². The van der Waals surface area contributed by atoms with Crippen LogP contribution in [0.1, 0.15) is 16.1 Å². The van der Waals surface area contributed by atoms with Crippen LogP contribution in [0.15, 0.2) is 30.6 Å². The zero-order valence-corrected chi connectivity index (χ0v) is 18.3. The quantitative estimate of drug-likeness (QED) is 0.623. The van der Waals surface area contributed by atoms with Crippen molar-refractivity contribution in [2.45, 2.75) is 19.9 Å². The van der Waals surface area contributed by atoms with E-state index in [0.29, 0.717) is 30.4 Å². The van der Waals surface area contributed by atoms with Gasteiger partial charge in [-0.2, -0.15) is 4.31 Å². The molecule has 0 radical (unpaired) electrons. The van der Waals surface area contributed by atoms with Crippen molar-refractivity contribution >= 4 is 49.8 Å². The van der Waals surface area contributed by atoms with E-state index < -0.39 is 10.0 Å². The van der Waals surface area contributed by atoms with Gasteiger partial charge in [-0.25, -0.2) is 8.42 Å². The van der Waals surface area contributed by atoms with Crippen molar-refractivity contribution in [2.75, 3.05) is 25.4 Å². The molecule has 29 heavy (non-hydrogen) atoms. The number of H-pyrrole nitrogens is 1. The number of fused-ring (bicyclic) bond motifs is 1. The SMILES string of the molecule is Cc1cncc2cc(CN3CCN(S(=O)(=O)CCc4ccc(Cl)s4)CC3=O)[nH]c12. The molecular formula is C19H21ClN4O3S2. The average Bonchev–Trinajstić information content (AvgIpc) is 3.28. The van der Waals surface area contributed by atoms with E-state index in [9.17, 15) is 13.2 Å². The summed E-state index contributed by atoms with van der Waals surface area (Å²) in [6.45, 7) is 2.97. The number of nitrogens with zero attached hydrogens (tertiary/aromatic N) is 3. The number of aromatic amines is 1. The van der Waals surface area contributed by atoms with Crippen LogP contribution in [0.3, 0.4) is 0 Å². The van der Waals surface area contributed by atoms with Crippen LogP contribution in [0.4, 0.5) is 0 Å². The van der Waals surface area contributed by atoms with E-state index in [4.69, 9.17) is 11.6 Å². The smallest absolute Gasteiger partial charge is 0.238 e. The lowest BCUT2D eigenvalue weighted by atomic mass is 10.2. The van der Waals surface area contributed by atoms with Crippen molar-refractivity contribution in [1.82, 2.24) is 19.2 Å². The first kappa shape index (κ1) is 20.3. The van der Waals surface area contributed by atoms with Gasteiger partial charge in [-0.05, 0) is 37.1 Å². The van der Waals surface area contributed by atoms with Gasteiger partial charge >= 0.3 is 0 Å². The highest BCUT2D eigenvalue weighted by atomic mass is 35.5. The van der Waals surface area contributed by atoms with Crippen LogP contribution in [0.25, 0.3) is 10.9 Å². The number of halogens is 1. The van der Waals surface area contributed by atoms with Crippen LogP contribution in [0, 0.1) is 6.92 Å². The summed E-state index contributed by atoms with van der Waals surface area (Å²) in [4.78, 5) is 22.7. The first-order chi connectivity index (χ1) is 13.8. The summed E-state index contributed by atoms with van der Waals surface area (Å²) >= 11 is 7.28. The van der Waals surface area contributed by atoms with E-state index >= 15 is 0 Å². The van der Waals surface area contributed by atoms with Gasteiger partial charge in [0.1, 0.15) is 0 Å². The zero-order chi connectivity index (χ0) is 20.6. The Bertz CT molecular complexity index is 1160. The van der Waals surface area contributed by atoms with Gasteiger partial charge in [0, 0.05) is 41.4 Å². The molecule has 7 nitrogen and oxygen atoms in total. The Morgan fingerprint density at radius 3 is 2.79 bits per heavy atom. The van der Waals surface area contributed by atoms with Crippen molar-refractivity contribution < 1.29 is 13.2 Å². The number of amides is 1. The Morgan fingerprint density at radius 1 is 1.28 bits per heavy atom. The van der Waals surface area contributed by atoms with Gasteiger partial charge in [-0.15, -0.1) is 11.3 Å². The summed E-state index contributed by atoms with van der Waals surface area (Å²) in [6.07, 6.45) is 3.98. The predicted octanol–water partition coefficient (Wildman–Crippen LogP) is 2.80. The van der Waals surface area contributed by atoms with Crippen LogP contribution in [0.2, 0.25) is 4.34 Å². The van der Waals surface area contributed by atoms with Gasteiger partial charge in [0.05, 0.1) is 28.7 Å². The lowest BCUT2D eigenvalue weighted by Crippen LogP contribution is -2.52. The molecule has 0 spiro atoms. The highest BCUT2D eigenvalue weighted by molar-refractivity contribution is 7.89. The molecule has 1 N–H and O–H groups in total. The molecule has 0 bridgehead atoms. The van der Waals surface area contributed by atoms with Crippen molar-refractivity contribution in [3.05, 3.63) is 51.1 Å². The molecule has 4 rings (SSSR count). The van der Waals surface area contributed by atoms with Gasteiger partial charge in [-0.3, -0.25) is 9.78 Å². The number of piperazine rings is 1. The van der Waals surface area contributed by atoms with E-state index in [1.54, 1.807) is 23.4 Å². The Balaban J connectivity index is 1.38. The molecule has 3 aromatic heterocycles. The summed E-state index contributed by atoms with van der Waals surface area (Å²) in [6, 6.07) is 5.58. The van der Waals surface area contributed by atoms with E-state index in [1.165, 1.54) is 15.6 Å². The van der Waals surface area contributed by atoms with Crippen molar-refractivity contribution in [1.29, 1.82) is 0 Å². The largest absolute Gasteiger partial charge is 0.357 e. The van der Waals surface area contributed by atoms with Crippen LogP contribution in [-0.2, 0) is 27.8 Å². The minimum Gasteiger partial charge on any atom is -0.357 e. The summed E-state index contributed by atoms with van der Waals surface area (Å²) in [5.41, 5.74) is 2.97. The van der Waals surface area contributed by atoms with Crippen molar-refractivity contribution in [3.63, 3.8) is 0 Å². The maximum atomic E-state index is 12.6. The fourth-order valence-corrected chi connectivity index (χ4v) is 6.10. The Labute approximate surface area is 178 Å². The first-order valence-corrected chi connectivity index (χ1v) is 12.0. The number of aryl methyl sites for hydroxylation is 2. The molecule has 0 aliphatic carbocycles. The number of nitrogens with one attached hydrogen (secondary N) is 1. The molecule has 1 fully saturated rings. The molecule has 1 amide bonds. The standard InChI is InChI=1S/C19H21ClN4O3S2/c1-13-9-21-10-14-8-15(22-19(13)14)11-23-5-6-24(12-18(23)25)29(26,27)7-4-16-2-3-17(20)28-16/h2-3,8-10,22H,4-7,11-12H2,1H3. The molecule has 1 saturated heterocycles. The molecular weight excluding hydrogens is 432 g/mol. The van der Waals surface area contributed by atoms with Crippen LogP contribution in [0.5, 0.6) is 0 Å². The minimum absolute atomic E-state index is 0.0224. The normalized spacial score (nSPS) is 16.1. The minimum atomic E-state index is -3.49. The third-order valence-electron chi connectivity index (χ3n) is 5.05. The highest BCUT2D eigenvalue weighted by Gasteiger charge is 2.31. The second-order valence-electron chi connectivity index (χ2n) is 7.14. The number of hydrogen-bond donors (Lipinski definition) is 1. The molecule has 0 unspecified atom stereocenters. The molecule has 154 valence electrons. The van der Waals surface area contributed by atoms with Gasteiger partial charge in [0.15, 0.2) is 0 Å². The maximum absolute atomic E-state index is 12.6. The number of rotatable bonds is 6. The van der Waals surface area contributed by atoms with Crippen LogP contribution >= 0.6 is 22.9 Å². The molecule has 4 heterocycles. The first-order valence-electron chi connectivity index (χ1n) is 9.24. The third kappa shape index (κ3) is 4.48. The fraction of sp³-hybridized carbons (Fsp3) is 0.368. The van der Waals surface area contributed by atoms with Crippen LogP contribution in [-0.4, -0.2) is 58.9 Å². The van der Waals surface area contributed by atoms with Crippen molar-refractivity contribution in [2.24, 2.45) is 0 Å². The fourth-order valence-electron chi connectivity index (χ4n) is 3.48. The average molecular weight is 453 g/mol. The Kier molecular flexibility index (Phi) is 5.65. The highest BCUT2D eigenvalue weighted by Crippen LogP contribution is 2.23. The summed E-state index contributed by atoms with van der Waals surface area (Å²) in [5, 5.41) is 1.00. The number of aromatic nitrogens is 2. The zero-order valence-electron chi connectivity index (χ0n) is 15.9. The monoisotopic (exact) mass is 452 g/mol. The molecule has 0 saturated carbocycles. The second-order valence-corrected chi connectivity index (χ2v) is 11.0. The Hall–Kier alpha value is -1.94. The Morgan fingerprint density at radius 2 is 2.10 bits per heavy atom. The van der Waals surface area contributed by atoms with Gasteiger partial charge in [-0.1, -0.05) is 11.6 Å². The van der Waals surface area contributed by atoms with E-state index in [1.807, 2.05) is 19.1 Å². The van der Waals surface area contributed by atoms with Gasteiger partial charge in [0.25, 0.3) is 0 Å². The number of pyridine rings is 1. The number of hydrogen-bond acceptors (Lipinski definition) is 5. The number of thiophene rings is 1. The van der Waals surface area contributed by atoms with Crippen LogP contribution < -0.4 is 0 Å². The number of carbonyl (C=O) groups is 1. The van der Waals surface area contributed by atoms with Crippen molar-refractivity contribution in [3.8, 4) is 0 Å². The lowest BCUT2D eigenvalue weighted by Gasteiger charge is -2.33. The molecule has 1 aliphatic heterocycles. The number of sulfonamides is 1.